The van der Waals surface area contributed by atoms with Gasteiger partial charge in [0.1, 0.15) is 5.75 Å². The number of ether oxygens (including phenoxy) is 3. The van der Waals surface area contributed by atoms with Crippen LogP contribution in [0.5, 0.6) is 17.2 Å². The first-order chi connectivity index (χ1) is 12.5. The van der Waals surface area contributed by atoms with Crippen molar-refractivity contribution < 1.29 is 14.2 Å². The van der Waals surface area contributed by atoms with Crippen molar-refractivity contribution in [3.63, 3.8) is 0 Å². The lowest BCUT2D eigenvalue weighted by Gasteiger charge is -2.35. The SMILES string of the molecule is COc1cc2c(cc1OC)C(Cc1ccc(OC(C)C)cc1)N(C)CC2. The molecule has 140 valence electrons. The van der Waals surface area contributed by atoms with Crippen molar-refractivity contribution in [2.75, 3.05) is 27.8 Å². The van der Waals surface area contributed by atoms with Gasteiger partial charge < -0.3 is 14.2 Å². The summed E-state index contributed by atoms with van der Waals surface area (Å²) in [6.07, 6.45) is 2.18. The average Bonchev–Trinajstić information content (AvgIpc) is 2.64. The van der Waals surface area contributed by atoms with Crippen LogP contribution < -0.4 is 14.2 Å². The van der Waals surface area contributed by atoms with Gasteiger partial charge in [-0.15, -0.1) is 0 Å². The highest BCUT2D eigenvalue weighted by molar-refractivity contribution is 5.49. The van der Waals surface area contributed by atoms with E-state index < -0.39 is 0 Å². The normalized spacial score (nSPS) is 17.1. The molecule has 1 aliphatic rings. The van der Waals surface area contributed by atoms with Gasteiger partial charge in [0.15, 0.2) is 11.5 Å². The zero-order valence-electron chi connectivity index (χ0n) is 16.4. The lowest BCUT2D eigenvalue weighted by Crippen LogP contribution is -2.33. The maximum atomic E-state index is 5.75. The second-order valence-corrected chi connectivity index (χ2v) is 7.17. The molecule has 0 radical (unpaired) electrons. The molecule has 0 saturated carbocycles. The first kappa shape index (κ1) is 18.6. The van der Waals surface area contributed by atoms with Crippen LogP contribution in [0.1, 0.15) is 36.6 Å². The third kappa shape index (κ3) is 3.96. The molecule has 0 aromatic heterocycles. The Kier molecular flexibility index (Phi) is 5.72. The van der Waals surface area contributed by atoms with Gasteiger partial charge in [0.25, 0.3) is 0 Å². The minimum Gasteiger partial charge on any atom is -0.493 e. The summed E-state index contributed by atoms with van der Waals surface area (Å²) in [5, 5.41) is 0. The molecule has 2 aromatic carbocycles. The van der Waals surface area contributed by atoms with E-state index in [0.29, 0.717) is 6.04 Å². The molecule has 0 N–H and O–H groups in total. The molecule has 0 aliphatic carbocycles. The minimum atomic E-state index is 0.194. The quantitative estimate of drug-likeness (QED) is 0.775. The van der Waals surface area contributed by atoms with Crippen LogP contribution in [0.3, 0.4) is 0 Å². The maximum absolute atomic E-state index is 5.75. The van der Waals surface area contributed by atoms with Crippen LogP contribution in [0.15, 0.2) is 36.4 Å². The maximum Gasteiger partial charge on any atom is 0.161 e. The molecule has 0 amide bonds. The zero-order valence-corrected chi connectivity index (χ0v) is 16.4. The van der Waals surface area contributed by atoms with Crippen LogP contribution in [-0.4, -0.2) is 38.8 Å². The van der Waals surface area contributed by atoms with E-state index in [2.05, 4.69) is 48.3 Å². The topological polar surface area (TPSA) is 30.9 Å². The molecule has 0 saturated heterocycles. The first-order valence-electron chi connectivity index (χ1n) is 9.22. The predicted molar refractivity (Wildman–Crippen MR) is 105 cm³/mol. The molecule has 1 aliphatic heterocycles. The van der Waals surface area contributed by atoms with Crippen LogP contribution in [-0.2, 0) is 12.8 Å². The number of hydrogen-bond donors (Lipinski definition) is 0. The monoisotopic (exact) mass is 355 g/mol. The molecular formula is C22H29NO3. The Bertz CT molecular complexity index is 740. The highest BCUT2D eigenvalue weighted by Gasteiger charge is 2.27. The van der Waals surface area contributed by atoms with Gasteiger partial charge in [-0.3, -0.25) is 4.90 Å². The van der Waals surface area contributed by atoms with Crippen molar-refractivity contribution in [1.82, 2.24) is 4.90 Å². The molecule has 4 heteroatoms. The van der Waals surface area contributed by atoms with Crippen molar-refractivity contribution in [1.29, 1.82) is 0 Å². The lowest BCUT2D eigenvalue weighted by atomic mass is 9.88. The van der Waals surface area contributed by atoms with Gasteiger partial charge in [0, 0.05) is 12.6 Å². The summed E-state index contributed by atoms with van der Waals surface area (Å²) in [6.45, 7) is 5.13. The third-order valence-corrected chi connectivity index (χ3v) is 4.99. The van der Waals surface area contributed by atoms with Crippen molar-refractivity contribution in [3.8, 4) is 17.2 Å². The van der Waals surface area contributed by atoms with Gasteiger partial charge in [-0.05, 0) is 74.7 Å². The number of likely N-dealkylation sites (N-methyl/N-ethyl adjacent to an activating group) is 1. The summed E-state index contributed by atoms with van der Waals surface area (Å²) in [5.41, 5.74) is 3.99. The van der Waals surface area contributed by atoms with E-state index in [9.17, 15) is 0 Å². The zero-order chi connectivity index (χ0) is 18.7. The van der Waals surface area contributed by atoms with Crippen LogP contribution in [0.4, 0.5) is 0 Å². The molecule has 1 unspecified atom stereocenters. The largest absolute Gasteiger partial charge is 0.493 e. The van der Waals surface area contributed by atoms with E-state index in [0.717, 1.165) is 36.6 Å². The molecular weight excluding hydrogens is 326 g/mol. The molecule has 0 bridgehead atoms. The summed E-state index contributed by atoms with van der Waals surface area (Å²) in [5.74, 6) is 2.53. The van der Waals surface area contributed by atoms with Crippen molar-refractivity contribution >= 4 is 0 Å². The molecule has 26 heavy (non-hydrogen) atoms. The summed E-state index contributed by atoms with van der Waals surface area (Å²) >= 11 is 0. The standard InChI is InChI=1S/C22H29NO3/c1-15(2)26-18-8-6-16(7-9-18)12-20-19-14-22(25-5)21(24-4)13-17(19)10-11-23(20)3/h6-9,13-15,20H,10-12H2,1-5H3. The molecule has 2 aromatic rings. The number of nitrogens with zero attached hydrogens (tertiary/aromatic N) is 1. The predicted octanol–water partition coefficient (Wildman–Crippen LogP) is 4.26. The Labute approximate surface area is 156 Å². The van der Waals surface area contributed by atoms with E-state index in [1.165, 1.54) is 16.7 Å². The Morgan fingerprint density at radius 2 is 1.69 bits per heavy atom. The van der Waals surface area contributed by atoms with Gasteiger partial charge in [-0.25, -0.2) is 0 Å². The molecule has 4 nitrogen and oxygen atoms in total. The van der Waals surface area contributed by atoms with Crippen molar-refractivity contribution in [2.45, 2.75) is 38.8 Å². The van der Waals surface area contributed by atoms with E-state index >= 15 is 0 Å². The van der Waals surface area contributed by atoms with Crippen LogP contribution in [0.2, 0.25) is 0 Å². The Morgan fingerprint density at radius 3 is 2.31 bits per heavy atom. The fourth-order valence-corrected chi connectivity index (χ4v) is 3.62. The fourth-order valence-electron chi connectivity index (χ4n) is 3.62. The first-order valence-corrected chi connectivity index (χ1v) is 9.22. The smallest absolute Gasteiger partial charge is 0.161 e. The molecule has 1 heterocycles. The lowest BCUT2D eigenvalue weighted by molar-refractivity contribution is 0.227. The molecule has 0 fully saturated rings. The Hall–Kier alpha value is -2.20. The average molecular weight is 355 g/mol. The van der Waals surface area contributed by atoms with E-state index in [-0.39, 0.29) is 6.10 Å². The Morgan fingerprint density at radius 1 is 1.04 bits per heavy atom. The van der Waals surface area contributed by atoms with Gasteiger partial charge in [0.2, 0.25) is 0 Å². The summed E-state index contributed by atoms with van der Waals surface area (Å²) < 4.78 is 16.8. The molecule has 0 spiro atoms. The fraction of sp³-hybridized carbons (Fsp3) is 0.455. The number of benzene rings is 2. The van der Waals surface area contributed by atoms with Gasteiger partial charge in [-0.1, -0.05) is 12.1 Å². The summed E-state index contributed by atoms with van der Waals surface area (Å²) in [4.78, 5) is 2.42. The third-order valence-electron chi connectivity index (χ3n) is 4.99. The second-order valence-electron chi connectivity index (χ2n) is 7.17. The van der Waals surface area contributed by atoms with Gasteiger partial charge >= 0.3 is 0 Å². The number of methoxy groups -OCH3 is 2. The summed E-state index contributed by atoms with van der Waals surface area (Å²) in [6, 6.07) is 13.1. The van der Waals surface area contributed by atoms with Gasteiger partial charge in [0.05, 0.1) is 20.3 Å². The van der Waals surface area contributed by atoms with Crippen LogP contribution in [0, 0.1) is 0 Å². The highest BCUT2D eigenvalue weighted by Crippen LogP contribution is 2.39. The van der Waals surface area contributed by atoms with Crippen LogP contribution in [0.25, 0.3) is 0 Å². The second kappa shape index (κ2) is 8.00. The van der Waals surface area contributed by atoms with Crippen molar-refractivity contribution in [2.24, 2.45) is 0 Å². The van der Waals surface area contributed by atoms with E-state index in [1.807, 2.05) is 13.8 Å². The van der Waals surface area contributed by atoms with E-state index in [4.69, 9.17) is 14.2 Å². The number of fused-ring (bicyclic) bond motifs is 1. The van der Waals surface area contributed by atoms with Gasteiger partial charge in [-0.2, -0.15) is 0 Å². The van der Waals surface area contributed by atoms with Crippen LogP contribution >= 0.6 is 0 Å². The Balaban J connectivity index is 1.86. The van der Waals surface area contributed by atoms with E-state index in [1.54, 1.807) is 14.2 Å². The number of hydrogen-bond acceptors (Lipinski definition) is 4. The highest BCUT2D eigenvalue weighted by atomic mass is 16.5. The number of rotatable bonds is 6. The van der Waals surface area contributed by atoms with Crippen molar-refractivity contribution in [3.05, 3.63) is 53.1 Å². The molecule has 3 rings (SSSR count). The molecule has 1 atom stereocenters. The minimum absolute atomic E-state index is 0.194. The summed E-state index contributed by atoms with van der Waals surface area (Å²) in [7, 11) is 5.58.